The smallest absolute Gasteiger partial charge is 0.267 e. The molecule has 2 amide bonds. The van der Waals surface area contributed by atoms with Gasteiger partial charge in [-0.2, -0.15) is 0 Å². The van der Waals surface area contributed by atoms with Gasteiger partial charge in [0.05, 0.1) is 5.56 Å². The molecule has 148 valence electrons. The van der Waals surface area contributed by atoms with E-state index < -0.39 is 23.2 Å². The van der Waals surface area contributed by atoms with Gasteiger partial charge in [0, 0.05) is 24.1 Å². The van der Waals surface area contributed by atoms with Gasteiger partial charge in [-0.25, -0.2) is 4.39 Å². The zero-order valence-electron chi connectivity index (χ0n) is 15.8. The first-order valence-electron chi connectivity index (χ1n) is 9.17. The summed E-state index contributed by atoms with van der Waals surface area (Å²) in [5.74, 6) is -1.59. The molecule has 0 fully saturated rings. The number of benzene rings is 2. The zero-order chi connectivity index (χ0) is 20.8. The summed E-state index contributed by atoms with van der Waals surface area (Å²) in [7, 11) is 0. The molecule has 0 spiro atoms. The third-order valence-electron chi connectivity index (χ3n) is 4.25. The van der Waals surface area contributed by atoms with Gasteiger partial charge >= 0.3 is 0 Å². The number of rotatable bonds is 6. The number of amides is 2. The summed E-state index contributed by atoms with van der Waals surface area (Å²) in [6.45, 7) is 2.42. The van der Waals surface area contributed by atoms with Crippen molar-refractivity contribution in [2.24, 2.45) is 0 Å². The third-order valence-corrected chi connectivity index (χ3v) is 4.25. The summed E-state index contributed by atoms with van der Waals surface area (Å²) in [6, 6.07) is 15.3. The number of halogens is 1. The molecule has 0 bridgehead atoms. The van der Waals surface area contributed by atoms with Crippen molar-refractivity contribution in [3.63, 3.8) is 0 Å². The van der Waals surface area contributed by atoms with E-state index in [9.17, 15) is 18.8 Å². The largest absolute Gasteiger partial charge is 0.352 e. The van der Waals surface area contributed by atoms with Crippen molar-refractivity contribution in [3.8, 4) is 5.69 Å². The summed E-state index contributed by atoms with van der Waals surface area (Å²) in [4.78, 5) is 37.0. The lowest BCUT2D eigenvalue weighted by Gasteiger charge is -2.10. The van der Waals surface area contributed by atoms with Crippen LogP contribution in [-0.2, 0) is 0 Å². The van der Waals surface area contributed by atoms with Crippen LogP contribution in [0.5, 0.6) is 0 Å². The van der Waals surface area contributed by atoms with Gasteiger partial charge in [-0.1, -0.05) is 19.1 Å². The summed E-state index contributed by atoms with van der Waals surface area (Å²) >= 11 is 0. The van der Waals surface area contributed by atoms with E-state index in [-0.39, 0.29) is 11.1 Å². The van der Waals surface area contributed by atoms with Crippen LogP contribution in [0.2, 0.25) is 0 Å². The minimum absolute atomic E-state index is 0.0536. The Morgan fingerprint density at radius 3 is 2.31 bits per heavy atom. The molecule has 7 heteroatoms. The van der Waals surface area contributed by atoms with Gasteiger partial charge in [-0.15, -0.1) is 0 Å². The second-order valence-corrected chi connectivity index (χ2v) is 6.33. The van der Waals surface area contributed by atoms with Crippen molar-refractivity contribution >= 4 is 17.5 Å². The van der Waals surface area contributed by atoms with Crippen molar-refractivity contribution in [3.05, 3.63) is 94.2 Å². The first-order valence-corrected chi connectivity index (χ1v) is 9.17. The van der Waals surface area contributed by atoms with E-state index in [0.29, 0.717) is 17.9 Å². The van der Waals surface area contributed by atoms with Crippen LogP contribution in [0.25, 0.3) is 5.69 Å². The number of nitrogens with zero attached hydrogens (tertiary/aromatic N) is 1. The number of carbonyl (C=O) groups excluding carboxylic acids is 2. The van der Waals surface area contributed by atoms with Crippen LogP contribution in [0, 0.1) is 5.82 Å². The second-order valence-electron chi connectivity index (χ2n) is 6.33. The molecular weight excluding hydrogens is 373 g/mol. The molecule has 29 heavy (non-hydrogen) atoms. The first-order chi connectivity index (χ1) is 14.0. The summed E-state index contributed by atoms with van der Waals surface area (Å²) in [5.41, 5.74) is 0.539. The highest BCUT2D eigenvalue weighted by Gasteiger charge is 2.13. The number of carbonyl (C=O) groups is 2. The van der Waals surface area contributed by atoms with E-state index in [4.69, 9.17) is 0 Å². The predicted octanol–water partition coefficient (Wildman–Crippen LogP) is 3.37. The van der Waals surface area contributed by atoms with Crippen molar-refractivity contribution in [1.82, 2.24) is 9.88 Å². The fraction of sp³-hybridized carbons (Fsp3) is 0.136. The number of hydrogen-bond donors (Lipinski definition) is 2. The second kappa shape index (κ2) is 8.97. The summed E-state index contributed by atoms with van der Waals surface area (Å²) in [6.07, 6.45) is 2.33. The van der Waals surface area contributed by atoms with Gasteiger partial charge in [0.25, 0.3) is 17.4 Å². The van der Waals surface area contributed by atoms with E-state index in [0.717, 1.165) is 6.42 Å². The van der Waals surface area contributed by atoms with Crippen LogP contribution in [0.4, 0.5) is 10.1 Å². The number of hydrogen-bond acceptors (Lipinski definition) is 3. The maximum Gasteiger partial charge on any atom is 0.267 e. The topological polar surface area (TPSA) is 80.2 Å². The molecule has 3 rings (SSSR count). The molecule has 2 aromatic carbocycles. The van der Waals surface area contributed by atoms with Crippen LogP contribution >= 0.6 is 0 Å². The lowest BCUT2D eigenvalue weighted by Crippen LogP contribution is -2.32. The number of aromatic nitrogens is 1. The Bertz CT molecular complexity index is 1090. The van der Waals surface area contributed by atoms with E-state index in [1.54, 1.807) is 42.6 Å². The fourth-order valence-corrected chi connectivity index (χ4v) is 2.75. The number of nitrogens with one attached hydrogen (secondary N) is 2. The third kappa shape index (κ3) is 4.57. The standard InChI is InChI=1S/C22H20FN3O3/c1-2-13-24-20(27)18-7-5-14-26(22(18)29)16-11-9-15(10-12-16)25-21(28)17-6-3-4-8-19(17)23/h3-12,14H,2,13H2,1H3,(H,24,27)(H,25,28). The summed E-state index contributed by atoms with van der Waals surface area (Å²) in [5, 5.41) is 5.30. The molecule has 1 aromatic heterocycles. The molecule has 0 atom stereocenters. The summed E-state index contributed by atoms with van der Waals surface area (Å²) < 4.78 is 15.1. The Balaban J connectivity index is 1.80. The maximum absolute atomic E-state index is 13.7. The minimum Gasteiger partial charge on any atom is -0.352 e. The van der Waals surface area contributed by atoms with E-state index >= 15 is 0 Å². The molecule has 6 nitrogen and oxygen atoms in total. The van der Waals surface area contributed by atoms with Gasteiger partial charge in [0.15, 0.2) is 0 Å². The van der Waals surface area contributed by atoms with E-state index in [2.05, 4.69) is 10.6 Å². The monoisotopic (exact) mass is 393 g/mol. The van der Waals surface area contributed by atoms with Crippen LogP contribution in [-0.4, -0.2) is 22.9 Å². The molecule has 0 radical (unpaired) electrons. The molecule has 1 heterocycles. The predicted molar refractivity (Wildman–Crippen MR) is 109 cm³/mol. The van der Waals surface area contributed by atoms with Gasteiger partial charge in [-0.3, -0.25) is 19.0 Å². The fourth-order valence-electron chi connectivity index (χ4n) is 2.75. The Morgan fingerprint density at radius 1 is 0.931 bits per heavy atom. The van der Waals surface area contributed by atoms with Crippen molar-refractivity contribution in [2.45, 2.75) is 13.3 Å². The Kier molecular flexibility index (Phi) is 6.19. The van der Waals surface area contributed by atoms with Crippen molar-refractivity contribution in [1.29, 1.82) is 0 Å². The zero-order valence-corrected chi connectivity index (χ0v) is 15.8. The number of anilines is 1. The minimum atomic E-state index is -0.605. The van der Waals surface area contributed by atoms with Crippen LogP contribution in [0.15, 0.2) is 71.7 Å². The normalized spacial score (nSPS) is 10.4. The molecule has 0 saturated carbocycles. The quantitative estimate of drug-likeness (QED) is 0.674. The maximum atomic E-state index is 13.7. The van der Waals surface area contributed by atoms with Gasteiger partial charge < -0.3 is 10.6 Å². The highest BCUT2D eigenvalue weighted by Crippen LogP contribution is 2.15. The van der Waals surface area contributed by atoms with Gasteiger partial charge in [0.2, 0.25) is 0 Å². The molecule has 2 N–H and O–H groups in total. The lowest BCUT2D eigenvalue weighted by atomic mass is 10.2. The highest BCUT2D eigenvalue weighted by atomic mass is 19.1. The molecular formula is C22H20FN3O3. The SMILES string of the molecule is CCCNC(=O)c1cccn(-c2ccc(NC(=O)c3ccccc3F)cc2)c1=O. The average Bonchev–Trinajstić information content (AvgIpc) is 2.73. The Morgan fingerprint density at radius 2 is 1.62 bits per heavy atom. The Labute approximate surface area is 167 Å². The van der Waals surface area contributed by atoms with Crippen LogP contribution < -0.4 is 16.2 Å². The molecule has 0 aliphatic carbocycles. The molecule has 3 aromatic rings. The van der Waals surface area contributed by atoms with Gasteiger partial charge in [0.1, 0.15) is 11.4 Å². The number of pyridine rings is 1. The average molecular weight is 393 g/mol. The molecule has 0 aliphatic rings. The van der Waals surface area contributed by atoms with E-state index in [1.165, 1.54) is 28.8 Å². The van der Waals surface area contributed by atoms with Crippen LogP contribution in [0.3, 0.4) is 0 Å². The van der Waals surface area contributed by atoms with Gasteiger partial charge in [-0.05, 0) is 55.0 Å². The highest BCUT2D eigenvalue weighted by molar-refractivity contribution is 6.04. The Hall–Kier alpha value is -3.74. The van der Waals surface area contributed by atoms with E-state index in [1.807, 2.05) is 6.92 Å². The molecule has 0 saturated heterocycles. The lowest BCUT2D eigenvalue weighted by molar-refractivity contribution is 0.0951. The molecule has 0 aliphatic heterocycles. The van der Waals surface area contributed by atoms with Crippen molar-refractivity contribution in [2.75, 3.05) is 11.9 Å². The molecule has 0 unspecified atom stereocenters. The first kappa shape index (κ1) is 20.0. The van der Waals surface area contributed by atoms with Crippen molar-refractivity contribution < 1.29 is 14.0 Å². The van der Waals surface area contributed by atoms with Crippen LogP contribution in [0.1, 0.15) is 34.1 Å².